The normalized spacial score (nSPS) is 23.2. The van der Waals surface area contributed by atoms with Gasteiger partial charge in [-0.1, -0.05) is 19.8 Å². The van der Waals surface area contributed by atoms with Gasteiger partial charge in [0.05, 0.1) is 5.56 Å². The Morgan fingerprint density at radius 2 is 2.28 bits per heavy atom. The first-order chi connectivity index (χ1) is 12.0. The van der Waals surface area contributed by atoms with Crippen LogP contribution in [0, 0.1) is 0 Å². The van der Waals surface area contributed by atoms with Crippen LogP contribution in [0.15, 0.2) is 12.3 Å². The van der Waals surface area contributed by atoms with Crippen molar-refractivity contribution in [3.8, 4) is 0 Å². The van der Waals surface area contributed by atoms with E-state index in [4.69, 9.17) is 5.21 Å². The molecule has 140 valence electrons. The van der Waals surface area contributed by atoms with Crippen LogP contribution >= 0.6 is 0 Å². The van der Waals surface area contributed by atoms with E-state index in [0.717, 1.165) is 42.9 Å². The zero-order valence-corrected chi connectivity index (χ0v) is 15.7. The minimum absolute atomic E-state index is 0.395. The molecule has 1 aromatic heterocycles. The van der Waals surface area contributed by atoms with E-state index >= 15 is 0 Å². The van der Waals surface area contributed by atoms with E-state index in [0.29, 0.717) is 5.56 Å². The Kier molecular flexibility index (Phi) is 7.81. The van der Waals surface area contributed by atoms with Gasteiger partial charge in [-0.15, -0.1) is 0 Å². The number of hydrogen-bond acceptors (Lipinski definition) is 5. The zero-order chi connectivity index (χ0) is 18.2. The molecule has 0 unspecified atom stereocenters. The average molecular weight is 348 g/mol. The van der Waals surface area contributed by atoms with E-state index in [-0.39, 0.29) is 0 Å². The van der Waals surface area contributed by atoms with Crippen LogP contribution in [0.1, 0.15) is 67.6 Å². The van der Waals surface area contributed by atoms with E-state index in [1.807, 2.05) is 7.05 Å². The predicted octanol–water partition coefficient (Wildman–Crippen LogP) is 2.51. The SMILES string of the molecule is CCC[C@H]1CCC[C@@H](C)N1.CN1CCc2ncc(C(=O)NO)cc2C1. The van der Waals surface area contributed by atoms with Crippen LogP contribution in [0.25, 0.3) is 0 Å². The first-order valence-electron chi connectivity index (χ1n) is 9.40. The maximum absolute atomic E-state index is 11.2. The maximum Gasteiger partial charge on any atom is 0.276 e. The molecule has 25 heavy (non-hydrogen) atoms. The molecule has 0 aromatic carbocycles. The minimum atomic E-state index is -0.515. The van der Waals surface area contributed by atoms with E-state index in [1.165, 1.54) is 38.3 Å². The van der Waals surface area contributed by atoms with Crippen molar-refractivity contribution in [2.45, 2.75) is 71.0 Å². The zero-order valence-electron chi connectivity index (χ0n) is 15.7. The number of hydrogen-bond donors (Lipinski definition) is 3. The third-order valence-corrected chi connectivity index (χ3v) is 4.94. The van der Waals surface area contributed by atoms with Crippen molar-refractivity contribution in [1.29, 1.82) is 0 Å². The molecule has 1 fully saturated rings. The summed E-state index contributed by atoms with van der Waals surface area (Å²) in [6.45, 7) is 6.35. The van der Waals surface area contributed by atoms with Crippen LogP contribution in [-0.4, -0.2) is 46.7 Å². The molecular weight excluding hydrogens is 316 g/mol. The van der Waals surface area contributed by atoms with Crippen LogP contribution in [0.5, 0.6) is 0 Å². The van der Waals surface area contributed by atoms with Gasteiger partial charge in [-0.25, -0.2) is 5.48 Å². The monoisotopic (exact) mass is 348 g/mol. The predicted molar refractivity (Wildman–Crippen MR) is 98.7 cm³/mol. The Morgan fingerprint density at radius 1 is 1.48 bits per heavy atom. The van der Waals surface area contributed by atoms with Crippen LogP contribution in [0.2, 0.25) is 0 Å². The number of nitrogens with one attached hydrogen (secondary N) is 2. The fourth-order valence-electron chi connectivity index (χ4n) is 3.57. The molecule has 3 N–H and O–H groups in total. The number of pyridine rings is 1. The van der Waals surface area contributed by atoms with E-state index in [2.05, 4.69) is 29.0 Å². The number of carbonyl (C=O) groups is 1. The molecule has 2 aliphatic rings. The smallest absolute Gasteiger partial charge is 0.276 e. The van der Waals surface area contributed by atoms with Crippen LogP contribution in [0.4, 0.5) is 0 Å². The molecule has 0 radical (unpaired) electrons. The molecular formula is C19H32N4O2. The Labute approximate surface area is 151 Å². The fraction of sp³-hybridized carbons (Fsp3) is 0.684. The molecule has 6 nitrogen and oxygen atoms in total. The van der Waals surface area contributed by atoms with Crippen molar-refractivity contribution in [2.24, 2.45) is 0 Å². The number of hydroxylamine groups is 1. The number of nitrogens with zero attached hydrogens (tertiary/aromatic N) is 2. The molecule has 2 aliphatic heterocycles. The molecule has 3 rings (SSSR count). The molecule has 0 spiro atoms. The van der Waals surface area contributed by atoms with Crippen LogP contribution in [-0.2, 0) is 13.0 Å². The van der Waals surface area contributed by atoms with Gasteiger partial charge in [-0.05, 0) is 44.9 Å². The van der Waals surface area contributed by atoms with E-state index < -0.39 is 5.91 Å². The van der Waals surface area contributed by atoms with Gasteiger partial charge < -0.3 is 10.2 Å². The fourth-order valence-corrected chi connectivity index (χ4v) is 3.57. The first-order valence-corrected chi connectivity index (χ1v) is 9.40. The highest BCUT2D eigenvalue weighted by Gasteiger charge is 2.17. The third-order valence-electron chi connectivity index (χ3n) is 4.94. The number of piperidine rings is 1. The minimum Gasteiger partial charge on any atom is -0.312 e. The number of likely N-dealkylation sites (N-methyl/N-ethyl adjacent to an activating group) is 1. The summed E-state index contributed by atoms with van der Waals surface area (Å²) in [5.74, 6) is -0.515. The molecule has 1 saturated heterocycles. The van der Waals surface area contributed by atoms with Crippen molar-refractivity contribution in [3.05, 3.63) is 29.1 Å². The molecule has 0 saturated carbocycles. The number of amides is 1. The van der Waals surface area contributed by atoms with Gasteiger partial charge in [0, 0.05) is 43.5 Å². The Bertz CT molecular complexity index is 562. The number of fused-ring (bicyclic) bond motifs is 1. The number of aromatic nitrogens is 1. The lowest BCUT2D eigenvalue weighted by Gasteiger charge is -2.28. The summed E-state index contributed by atoms with van der Waals surface area (Å²) in [4.78, 5) is 17.6. The highest BCUT2D eigenvalue weighted by molar-refractivity contribution is 5.93. The second-order valence-electron chi connectivity index (χ2n) is 7.24. The van der Waals surface area contributed by atoms with Gasteiger partial charge in [0.15, 0.2) is 0 Å². The van der Waals surface area contributed by atoms with Gasteiger partial charge in [-0.3, -0.25) is 15.0 Å². The highest BCUT2D eigenvalue weighted by atomic mass is 16.5. The molecule has 1 aromatic rings. The van der Waals surface area contributed by atoms with Crippen LogP contribution in [0.3, 0.4) is 0 Å². The summed E-state index contributed by atoms with van der Waals surface area (Å²) in [7, 11) is 2.03. The lowest BCUT2D eigenvalue weighted by Crippen LogP contribution is -2.40. The Hall–Kier alpha value is -1.50. The largest absolute Gasteiger partial charge is 0.312 e. The second-order valence-corrected chi connectivity index (χ2v) is 7.24. The Morgan fingerprint density at radius 3 is 2.96 bits per heavy atom. The van der Waals surface area contributed by atoms with Crippen LogP contribution < -0.4 is 10.8 Å². The second kappa shape index (κ2) is 9.85. The molecule has 6 heteroatoms. The highest BCUT2D eigenvalue weighted by Crippen LogP contribution is 2.17. The van der Waals surface area contributed by atoms with Gasteiger partial charge in [0.25, 0.3) is 5.91 Å². The van der Waals surface area contributed by atoms with Crippen molar-refractivity contribution in [2.75, 3.05) is 13.6 Å². The molecule has 2 atom stereocenters. The van der Waals surface area contributed by atoms with Gasteiger partial charge >= 0.3 is 0 Å². The number of rotatable bonds is 3. The summed E-state index contributed by atoms with van der Waals surface area (Å²) < 4.78 is 0. The maximum atomic E-state index is 11.2. The standard InChI is InChI=1S/C10H13N3O2.C9H19N/c1-13-3-2-9-8(6-13)4-7(5-11-9)10(14)12-15;1-3-5-9-7-4-6-8(2)10-9/h4-5,15H,2-3,6H2,1H3,(H,12,14);8-10H,3-7H2,1-2H3/t;8-,9+/m.1/s1. The summed E-state index contributed by atoms with van der Waals surface area (Å²) in [6.07, 6.45) is 9.30. The molecule has 0 bridgehead atoms. The first kappa shape index (κ1) is 19.8. The van der Waals surface area contributed by atoms with Crippen molar-refractivity contribution >= 4 is 5.91 Å². The number of carbonyl (C=O) groups excluding carboxylic acids is 1. The third kappa shape index (κ3) is 6.06. The summed E-state index contributed by atoms with van der Waals surface area (Å²) in [5.41, 5.74) is 4.11. The topological polar surface area (TPSA) is 77.5 Å². The molecule has 3 heterocycles. The van der Waals surface area contributed by atoms with Gasteiger partial charge in [0.2, 0.25) is 0 Å². The quantitative estimate of drug-likeness (QED) is 0.578. The summed E-state index contributed by atoms with van der Waals surface area (Å²) in [5, 5.41) is 12.1. The van der Waals surface area contributed by atoms with E-state index in [9.17, 15) is 4.79 Å². The Balaban J connectivity index is 0.000000196. The summed E-state index contributed by atoms with van der Waals surface area (Å²) in [6, 6.07) is 3.38. The lowest BCUT2D eigenvalue weighted by atomic mass is 9.97. The van der Waals surface area contributed by atoms with E-state index in [1.54, 1.807) is 11.5 Å². The van der Waals surface area contributed by atoms with Gasteiger partial charge in [-0.2, -0.15) is 0 Å². The van der Waals surface area contributed by atoms with Crippen molar-refractivity contribution in [1.82, 2.24) is 20.7 Å². The van der Waals surface area contributed by atoms with Crippen molar-refractivity contribution < 1.29 is 10.0 Å². The van der Waals surface area contributed by atoms with Crippen molar-refractivity contribution in [3.63, 3.8) is 0 Å². The van der Waals surface area contributed by atoms with Gasteiger partial charge in [0.1, 0.15) is 0 Å². The molecule has 1 amide bonds. The average Bonchev–Trinajstić information content (AvgIpc) is 2.61. The summed E-state index contributed by atoms with van der Waals surface area (Å²) >= 11 is 0. The molecule has 0 aliphatic carbocycles. The lowest BCUT2D eigenvalue weighted by molar-refractivity contribution is 0.0705.